The molecule has 1 aromatic carbocycles. The van der Waals surface area contributed by atoms with Gasteiger partial charge in [-0.15, -0.1) is 0 Å². The summed E-state index contributed by atoms with van der Waals surface area (Å²) in [4.78, 5) is 4.77. The molecule has 3 aromatic rings. The summed E-state index contributed by atoms with van der Waals surface area (Å²) in [5.74, 6) is 0.831. The number of nitriles is 1. The zero-order valence-corrected chi connectivity index (χ0v) is 20.1. The van der Waals surface area contributed by atoms with E-state index in [-0.39, 0.29) is 17.0 Å². The van der Waals surface area contributed by atoms with Crippen molar-refractivity contribution in [1.29, 1.82) is 5.26 Å². The van der Waals surface area contributed by atoms with Gasteiger partial charge >= 0.3 is 0 Å². The van der Waals surface area contributed by atoms with E-state index in [9.17, 15) is 5.26 Å². The lowest BCUT2D eigenvalue weighted by atomic mass is 9.50. The lowest BCUT2D eigenvalue weighted by Crippen LogP contribution is -2.59. The molecule has 2 aromatic heterocycles. The normalized spacial score (nSPS) is 33.0. The summed E-state index contributed by atoms with van der Waals surface area (Å²) in [6.45, 7) is 6.77. The molecule has 8 nitrogen and oxygen atoms in total. The summed E-state index contributed by atoms with van der Waals surface area (Å²) < 4.78 is 9.80. The Balaban J connectivity index is 1.15. The van der Waals surface area contributed by atoms with Crippen molar-refractivity contribution >= 4 is 28.2 Å². The molecule has 8 rings (SSSR count). The van der Waals surface area contributed by atoms with Gasteiger partial charge in [0.2, 0.25) is 0 Å². The minimum absolute atomic E-state index is 0.0837. The van der Waals surface area contributed by atoms with Gasteiger partial charge in [-0.2, -0.15) is 15.5 Å². The second kappa shape index (κ2) is 7.20. The largest absolute Gasteiger partial charge is 0.378 e. The number of nitrogens with zero attached hydrogens (tertiary/aromatic N) is 7. The van der Waals surface area contributed by atoms with Crippen LogP contribution in [0.25, 0.3) is 16.6 Å². The molecule has 2 bridgehead atoms. The van der Waals surface area contributed by atoms with Crippen molar-refractivity contribution in [3.8, 4) is 11.8 Å². The third kappa shape index (κ3) is 2.84. The summed E-state index contributed by atoms with van der Waals surface area (Å²) in [6, 6.07) is 6.63. The van der Waals surface area contributed by atoms with Crippen molar-refractivity contribution in [2.45, 2.75) is 37.3 Å². The highest BCUT2D eigenvalue weighted by atomic mass is 35.5. The highest BCUT2D eigenvalue weighted by molar-refractivity contribution is 6.34. The summed E-state index contributed by atoms with van der Waals surface area (Å²) in [5.41, 5.74) is 3.13. The molecule has 2 saturated heterocycles. The fraction of sp³-hybridized carbons (Fsp3) is 0.560. The van der Waals surface area contributed by atoms with Gasteiger partial charge in [0.1, 0.15) is 5.69 Å². The molecule has 0 spiro atoms. The average Bonchev–Trinajstić information content (AvgIpc) is 3.50. The fourth-order valence-corrected chi connectivity index (χ4v) is 6.78. The van der Waals surface area contributed by atoms with Crippen molar-refractivity contribution < 1.29 is 4.74 Å². The van der Waals surface area contributed by atoms with Gasteiger partial charge in [0.05, 0.1) is 71.1 Å². The SMILES string of the molecule is CC1(N2CCN(c3cc4c(cnn4-c4cnn(C56CC(C5)C6)c4)cc3Cl)CC2)COCC1C#N. The van der Waals surface area contributed by atoms with Gasteiger partial charge in [-0.1, -0.05) is 11.6 Å². The van der Waals surface area contributed by atoms with E-state index in [1.807, 2.05) is 23.1 Å². The molecular weight excluding hydrogens is 450 g/mol. The fourth-order valence-electron chi connectivity index (χ4n) is 6.49. The Morgan fingerprint density at radius 1 is 1.12 bits per heavy atom. The number of rotatable bonds is 4. The maximum atomic E-state index is 9.57. The molecule has 9 heteroatoms. The monoisotopic (exact) mass is 477 g/mol. The Morgan fingerprint density at radius 3 is 2.62 bits per heavy atom. The van der Waals surface area contributed by atoms with Gasteiger partial charge in [0.15, 0.2) is 0 Å². The van der Waals surface area contributed by atoms with Crippen LogP contribution in [0.1, 0.15) is 26.2 Å². The standard InChI is InChI=1S/C25H28ClN7O/c1-24(16-34-15-19(24)11-27)31-4-2-30(3-5-31)23-7-22-18(6-21(23)26)12-29-33(22)20-13-28-32(14-20)25-8-17(9-25)10-25/h6-7,12-14,17,19H,2-5,8-10,15-16H2,1H3. The topological polar surface area (TPSA) is 75.1 Å². The molecule has 2 atom stereocenters. The summed E-state index contributed by atoms with van der Waals surface area (Å²) in [5, 5.41) is 20.7. The number of piperazine rings is 1. The molecule has 2 unspecified atom stereocenters. The lowest BCUT2D eigenvalue weighted by molar-refractivity contribution is -0.0977. The van der Waals surface area contributed by atoms with Gasteiger partial charge in [-0.25, -0.2) is 4.68 Å². The Kier molecular flexibility index (Phi) is 4.39. The van der Waals surface area contributed by atoms with Crippen LogP contribution in [0.5, 0.6) is 0 Å². The Hall–Kier alpha value is -2.60. The summed E-state index contributed by atoms with van der Waals surface area (Å²) in [7, 11) is 0. The van der Waals surface area contributed by atoms with Crippen molar-refractivity contribution in [3.63, 3.8) is 0 Å². The summed E-state index contributed by atoms with van der Waals surface area (Å²) >= 11 is 6.75. The Bertz CT molecular complexity index is 1300. The van der Waals surface area contributed by atoms with E-state index in [0.29, 0.717) is 13.2 Å². The molecular formula is C25H28ClN7O. The van der Waals surface area contributed by atoms with Crippen LogP contribution in [0.2, 0.25) is 5.02 Å². The van der Waals surface area contributed by atoms with Crippen LogP contribution >= 0.6 is 11.6 Å². The lowest BCUT2D eigenvalue weighted by Gasteiger charge is -2.61. The highest BCUT2D eigenvalue weighted by Crippen LogP contribution is 2.62. The van der Waals surface area contributed by atoms with Crippen LogP contribution in [0, 0.1) is 23.2 Å². The van der Waals surface area contributed by atoms with E-state index >= 15 is 0 Å². The summed E-state index contributed by atoms with van der Waals surface area (Å²) in [6.07, 6.45) is 9.74. The van der Waals surface area contributed by atoms with Crippen molar-refractivity contribution in [3.05, 3.63) is 35.7 Å². The number of halogens is 1. The van der Waals surface area contributed by atoms with E-state index in [4.69, 9.17) is 16.3 Å². The Labute approximate surface area is 203 Å². The Morgan fingerprint density at radius 2 is 1.91 bits per heavy atom. The maximum absolute atomic E-state index is 9.57. The average molecular weight is 478 g/mol. The molecule has 3 saturated carbocycles. The number of hydrogen-bond donors (Lipinski definition) is 0. The van der Waals surface area contributed by atoms with Gasteiger partial charge in [0.25, 0.3) is 0 Å². The number of ether oxygens (including phenoxy) is 1. The van der Waals surface area contributed by atoms with Crippen molar-refractivity contribution in [2.75, 3.05) is 44.3 Å². The van der Waals surface area contributed by atoms with E-state index < -0.39 is 0 Å². The molecule has 0 N–H and O–H groups in total. The molecule has 5 aliphatic rings. The van der Waals surface area contributed by atoms with Gasteiger partial charge in [0, 0.05) is 31.6 Å². The third-order valence-electron chi connectivity index (χ3n) is 8.87. The predicted molar refractivity (Wildman–Crippen MR) is 129 cm³/mol. The maximum Gasteiger partial charge on any atom is 0.103 e. The van der Waals surface area contributed by atoms with Crippen LogP contribution in [0.3, 0.4) is 0 Å². The zero-order chi connectivity index (χ0) is 23.1. The first-order valence-corrected chi connectivity index (χ1v) is 12.6. The van der Waals surface area contributed by atoms with Crippen LogP contribution in [0.15, 0.2) is 30.7 Å². The highest BCUT2D eigenvalue weighted by Gasteiger charge is 2.58. The number of fused-ring (bicyclic) bond motifs is 1. The van der Waals surface area contributed by atoms with E-state index in [1.165, 1.54) is 19.3 Å². The molecule has 0 amide bonds. The minimum atomic E-state index is -0.215. The van der Waals surface area contributed by atoms with Crippen LogP contribution in [-0.4, -0.2) is 69.4 Å². The van der Waals surface area contributed by atoms with Gasteiger partial charge < -0.3 is 9.64 Å². The van der Waals surface area contributed by atoms with Crippen molar-refractivity contribution in [2.24, 2.45) is 11.8 Å². The number of hydrogen-bond acceptors (Lipinski definition) is 6. The number of benzene rings is 1. The molecule has 5 fully saturated rings. The molecule has 2 aliphatic heterocycles. The quantitative estimate of drug-likeness (QED) is 0.573. The molecule has 0 radical (unpaired) electrons. The second-order valence-corrected chi connectivity index (χ2v) is 11.2. The van der Waals surface area contributed by atoms with Crippen molar-refractivity contribution in [1.82, 2.24) is 24.5 Å². The number of aromatic nitrogens is 4. The molecule has 176 valence electrons. The van der Waals surface area contributed by atoms with Crippen LogP contribution in [-0.2, 0) is 10.3 Å². The van der Waals surface area contributed by atoms with E-state index in [1.54, 1.807) is 0 Å². The molecule has 4 heterocycles. The first-order chi connectivity index (χ1) is 16.5. The molecule has 34 heavy (non-hydrogen) atoms. The first-order valence-electron chi connectivity index (χ1n) is 12.2. The van der Waals surface area contributed by atoms with Gasteiger partial charge in [-0.3, -0.25) is 9.58 Å². The van der Waals surface area contributed by atoms with E-state index in [0.717, 1.165) is 59.4 Å². The van der Waals surface area contributed by atoms with Crippen LogP contribution in [0.4, 0.5) is 5.69 Å². The first kappa shape index (κ1) is 20.7. The van der Waals surface area contributed by atoms with E-state index in [2.05, 4.69) is 49.9 Å². The van der Waals surface area contributed by atoms with Crippen LogP contribution < -0.4 is 4.90 Å². The second-order valence-electron chi connectivity index (χ2n) is 10.8. The number of anilines is 1. The smallest absolute Gasteiger partial charge is 0.103 e. The van der Waals surface area contributed by atoms with Gasteiger partial charge in [-0.05, 0) is 44.2 Å². The minimum Gasteiger partial charge on any atom is -0.378 e. The third-order valence-corrected chi connectivity index (χ3v) is 9.17. The molecule has 3 aliphatic carbocycles. The predicted octanol–water partition coefficient (Wildman–Crippen LogP) is 3.44. The zero-order valence-electron chi connectivity index (χ0n) is 19.3.